The summed E-state index contributed by atoms with van der Waals surface area (Å²) in [4.78, 5) is 0. The molecule has 1 aromatic rings. The molecule has 1 nitrogen and oxygen atoms in total. The molecular formula is C12H20NS+. The van der Waals surface area contributed by atoms with Crippen LogP contribution in [0.2, 0.25) is 0 Å². The lowest BCUT2D eigenvalue weighted by molar-refractivity contribution is -0.692. The summed E-state index contributed by atoms with van der Waals surface area (Å²) in [5.41, 5.74) is 1.45. The molecule has 0 bridgehead atoms. The molecule has 0 atom stereocenters. The number of hydrogen-bond donors (Lipinski definition) is 1. The van der Waals surface area contributed by atoms with Gasteiger partial charge >= 0.3 is 0 Å². The lowest BCUT2D eigenvalue weighted by Crippen LogP contribution is -2.33. The van der Waals surface area contributed by atoms with Gasteiger partial charge in [0.05, 0.1) is 0 Å². The van der Waals surface area contributed by atoms with Crippen LogP contribution in [0.1, 0.15) is 31.7 Å². The first-order valence-electron chi connectivity index (χ1n) is 5.45. The predicted octanol–water partition coefficient (Wildman–Crippen LogP) is 2.64. The van der Waals surface area contributed by atoms with E-state index in [1.165, 1.54) is 31.2 Å². The standard InChI is InChI=1S/C12H19NS/c1-2-3-4-5-12-6-8-13(9-7-12)10-11-14/h6-9H,2-5,10-11H2,1H3/p+1. The van der Waals surface area contributed by atoms with E-state index in [1.807, 2.05) is 0 Å². The fraction of sp³-hybridized carbons (Fsp3) is 0.583. The Balaban J connectivity index is 2.38. The van der Waals surface area contributed by atoms with Crippen LogP contribution in [0.15, 0.2) is 24.5 Å². The Morgan fingerprint density at radius 1 is 1.21 bits per heavy atom. The molecule has 0 aromatic carbocycles. The Labute approximate surface area is 92.6 Å². The van der Waals surface area contributed by atoms with E-state index < -0.39 is 0 Å². The first kappa shape index (κ1) is 11.6. The van der Waals surface area contributed by atoms with Crippen LogP contribution in [0.5, 0.6) is 0 Å². The van der Waals surface area contributed by atoms with Crippen LogP contribution in [-0.4, -0.2) is 5.75 Å². The third-order valence-electron chi connectivity index (χ3n) is 2.39. The van der Waals surface area contributed by atoms with Crippen molar-refractivity contribution < 1.29 is 4.57 Å². The Morgan fingerprint density at radius 3 is 2.50 bits per heavy atom. The molecule has 0 amide bonds. The lowest BCUT2D eigenvalue weighted by Gasteiger charge is -1.99. The maximum atomic E-state index is 4.21. The molecule has 0 fully saturated rings. The monoisotopic (exact) mass is 210 g/mol. The van der Waals surface area contributed by atoms with E-state index in [0.29, 0.717) is 0 Å². The molecule has 1 heterocycles. The van der Waals surface area contributed by atoms with Gasteiger partial charge in [0.25, 0.3) is 0 Å². The zero-order valence-corrected chi connectivity index (χ0v) is 9.84. The van der Waals surface area contributed by atoms with E-state index in [0.717, 1.165) is 12.3 Å². The van der Waals surface area contributed by atoms with Crippen LogP contribution in [0.4, 0.5) is 0 Å². The zero-order chi connectivity index (χ0) is 10.2. The quantitative estimate of drug-likeness (QED) is 0.418. The number of rotatable bonds is 6. The molecular weight excluding hydrogens is 190 g/mol. The molecule has 78 valence electrons. The van der Waals surface area contributed by atoms with Crippen molar-refractivity contribution in [3.63, 3.8) is 0 Å². The van der Waals surface area contributed by atoms with Crippen LogP contribution in [0.3, 0.4) is 0 Å². The molecule has 0 spiro atoms. The fourth-order valence-corrected chi connectivity index (χ4v) is 1.73. The summed E-state index contributed by atoms with van der Waals surface area (Å²) in [6.45, 7) is 3.24. The first-order chi connectivity index (χ1) is 6.86. The largest absolute Gasteiger partial charge is 0.204 e. The first-order valence-corrected chi connectivity index (χ1v) is 6.09. The average Bonchev–Trinajstić information content (AvgIpc) is 2.21. The predicted molar refractivity (Wildman–Crippen MR) is 63.7 cm³/mol. The van der Waals surface area contributed by atoms with Crippen molar-refractivity contribution in [1.82, 2.24) is 0 Å². The van der Waals surface area contributed by atoms with Gasteiger partial charge in [-0.15, -0.1) is 0 Å². The summed E-state index contributed by atoms with van der Waals surface area (Å²) in [7, 11) is 0. The van der Waals surface area contributed by atoms with Crippen molar-refractivity contribution in [2.24, 2.45) is 0 Å². The number of pyridine rings is 1. The summed E-state index contributed by atoms with van der Waals surface area (Å²) in [6.07, 6.45) is 9.47. The van der Waals surface area contributed by atoms with E-state index in [1.54, 1.807) is 0 Å². The van der Waals surface area contributed by atoms with Crippen LogP contribution >= 0.6 is 12.6 Å². The molecule has 0 aliphatic rings. The van der Waals surface area contributed by atoms with Gasteiger partial charge in [-0.05, 0) is 18.4 Å². The van der Waals surface area contributed by atoms with Crippen molar-refractivity contribution >= 4 is 12.6 Å². The van der Waals surface area contributed by atoms with Gasteiger partial charge in [0.1, 0.15) is 0 Å². The number of hydrogen-bond acceptors (Lipinski definition) is 1. The van der Waals surface area contributed by atoms with E-state index in [9.17, 15) is 0 Å². The van der Waals surface area contributed by atoms with Gasteiger partial charge in [-0.2, -0.15) is 12.6 Å². The molecule has 0 saturated carbocycles. The highest BCUT2D eigenvalue weighted by atomic mass is 32.1. The number of unbranched alkanes of at least 4 members (excludes halogenated alkanes) is 2. The Hall–Kier alpha value is -0.500. The van der Waals surface area contributed by atoms with Crippen molar-refractivity contribution in [3.05, 3.63) is 30.1 Å². The van der Waals surface area contributed by atoms with Crippen molar-refractivity contribution in [2.45, 2.75) is 39.2 Å². The minimum Gasteiger partial charge on any atom is -0.204 e. The van der Waals surface area contributed by atoms with Crippen LogP contribution in [-0.2, 0) is 13.0 Å². The third kappa shape index (κ3) is 4.14. The Kier molecular flexibility index (Phi) is 5.69. The normalized spacial score (nSPS) is 10.4. The van der Waals surface area contributed by atoms with Gasteiger partial charge in [-0.1, -0.05) is 19.8 Å². The van der Waals surface area contributed by atoms with Crippen LogP contribution in [0, 0.1) is 0 Å². The molecule has 2 heteroatoms. The molecule has 1 aromatic heterocycles. The molecule has 0 aliphatic heterocycles. The van der Waals surface area contributed by atoms with E-state index >= 15 is 0 Å². The van der Waals surface area contributed by atoms with Crippen molar-refractivity contribution in [3.8, 4) is 0 Å². The van der Waals surface area contributed by atoms with Gasteiger partial charge < -0.3 is 0 Å². The molecule has 0 unspecified atom stereocenters. The van der Waals surface area contributed by atoms with E-state index in [2.05, 4.69) is 48.6 Å². The summed E-state index contributed by atoms with van der Waals surface area (Å²) in [5, 5.41) is 0. The van der Waals surface area contributed by atoms with Gasteiger partial charge in [0, 0.05) is 17.9 Å². The molecule has 0 N–H and O–H groups in total. The molecule has 14 heavy (non-hydrogen) atoms. The topological polar surface area (TPSA) is 3.88 Å². The molecule has 0 radical (unpaired) electrons. The Bertz CT molecular complexity index is 243. The molecule has 1 rings (SSSR count). The minimum absolute atomic E-state index is 0.903. The SMILES string of the molecule is CCCCCc1cc[n+](CCS)cc1. The zero-order valence-electron chi connectivity index (χ0n) is 8.95. The smallest absolute Gasteiger partial charge is 0.169 e. The second kappa shape index (κ2) is 6.88. The van der Waals surface area contributed by atoms with Crippen LogP contribution < -0.4 is 4.57 Å². The van der Waals surface area contributed by atoms with Gasteiger partial charge in [-0.25, -0.2) is 4.57 Å². The number of aryl methyl sites for hydroxylation is 2. The van der Waals surface area contributed by atoms with E-state index in [4.69, 9.17) is 0 Å². The van der Waals surface area contributed by atoms with Gasteiger partial charge in [0.15, 0.2) is 18.9 Å². The summed E-state index contributed by atoms with van der Waals surface area (Å²) in [6, 6.07) is 4.44. The second-order valence-electron chi connectivity index (χ2n) is 3.62. The lowest BCUT2D eigenvalue weighted by atomic mass is 10.1. The van der Waals surface area contributed by atoms with Gasteiger partial charge in [-0.3, -0.25) is 0 Å². The molecule has 0 saturated heterocycles. The second-order valence-corrected chi connectivity index (χ2v) is 4.07. The highest BCUT2D eigenvalue weighted by molar-refractivity contribution is 7.80. The van der Waals surface area contributed by atoms with Gasteiger partial charge in [0.2, 0.25) is 0 Å². The Morgan fingerprint density at radius 2 is 1.93 bits per heavy atom. The number of aromatic nitrogens is 1. The highest BCUT2D eigenvalue weighted by Gasteiger charge is 1.98. The minimum atomic E-state index is 0.903. The fourth-order valence-electron chi connectivity index (χ4n) is 1.50. The summed E-state index contributed by atoms with van der Waals surface area (Å²) in [5.74, 6) is 0.903. The summed E-state index contributed by atoms with van der Waals surface area (Å²) < 4.78 is 2.18. The average molecular weight is 210 g/mol. The number of thiol groups is 1. The highest BCUT2D eigenvalue weighted by Crippen LogP contribution is 2.04. The maximum absolute atomic E-state index is 4.21. The van der Waals surface area contributed by atoms with Crippen molar-refractivity contribution in [2.75, 3.05) is 5.75 Å². The van der Waals surface area contributed by atoms with E-state index in [-0.39, 0.29) is 0 Å². The molecule has 0 aliphatic carbocycles. The number of nitrogens with zero attached hydrogens (tertiary/aromatic N) is 1. The van der Waals surface area contributed by atoms with Crippen molar-refractivity contribution in [1.29, 1.82) is 0 Å². The summed E-state index contributed by atoms with van der Waals surface area (Å²) >= 11 is 4.21. The maximum Gasteiger partial charge on any atom is 0.169 e. The third-order valence-corrected chi connectivity index (χ3v) is 2.59. The van der Waals surface area contributed by atoms with Crippen LogP contribution in [0.25, 0.3) is 0 Å².